The van der Waals surface area contributed by atoms with Gasteiger partial charge >= 0.3 is 0 Å². The molecule has 0 aliphatic carbocycles. The molecule has 0 unspecified atom stereocenters. The average molecular weight is 300 g/mol. The zero-order chi connectivity index (χ0) is 15.4. The third-order valence-corrected chi connectivity index (χ3v) is 4.47. The summed E-state index contributed by atoms with van der Waals surface area (Å²) >= 11 is 0. The molecule has 0 atom stereocenters. The van der Waals surface area contributed by atoms with Gasteiger partial charge in [0.1, 0.15) is 5.75 Å². The molecule has 22 heavy (non-hydrogen) atoms. The fraction of sp³-hybridized carbons (Fsp3) is 0.500. The van der Waals surface area contributed by atoms with E-state index in [4.69, 9.17) is 4.74 Å². The molecule has 1 fully saturated rings. The number of para-hydroxylation sites is 1. The van der Waals surface area contributed by atoms with E-state index >= 15 is 0 Å². The lowest BCUT2D eigenvalue weighted by Crippen LogP contribution is -2.34. The quantitative estimate of drug-likeness (QED) is 0.863. The van der Waals surface area contributed by atoms with E-state index in [-0.39, 0.29) is 5.56 Å². The molecule has 0 saturated carbocycles. The zero-order valence-corrected chi connectivity index (χ0v) is 13.2. The molecule has 0 radical (unpaired) electrons. The van der Waals surface area contributed by atoms with Crippen LogP contribution in [0.15, 0.2) is 35.1 Å². The Balaban J connectivity index is 1.55. The fourth-order valence-electron chi connectivity index (χ4n) is 3.05. The van der Waals surface area contributed by atoms with E-state index in [0.29, 0.717) is 12.4 Å². The molecule has 1 aromatic carbocycles. The maximum Gasteiger partial charge on any atom is 0.252 e. The van der Waals surface area contributed by atoms with E-state index < -0.39 is 0 Å². The molecule has 0 amide bonds. The maximum atomic E-state index is 11.7. The van der Waals surface area contributed by atoms with Crippen LogP contribution in [-0.4, -0.2) is 36.1 Å². The molecule has 1 aromatic heterocycles. The van der Waals surface area contributed by atoms with Crippen LogP contribution in [0.2, 0.25) is 0 Å². The fourth-order valence-corrected chi connectivity index (χ4v) is 3.05. The molecule has 1 aliphatic heterocycles. The monoisotopic (exact) mass is 300 g/mol. The second-order valence-electron chi connectivity index (χ2n) is 6.27. The summed E-state index contributed by atoms with van der Waals surface area (Å²) in [6.45, 7) is 6.47. The molecule has 0 spiro atoms. The van der Waals surface area contributed by atoms with Crippen molar-refractivity contribution in [3.63, 3.8) is 0 Å². The van der Waals surface area contributed by atoms with Crippen LogP contribution in [0.4, 0.5) is 0 Å². The Morgan fingerprint density at radius 2 is 2.05 bits per heavy atom. The summed E-state index contributed by atoms with van der Waals surface area (Å²) in [4.78, 5) is 17.0. The molecule has 1 saturated heterocycles. The molecular weight excluding hydrogens is 276 g/mol. The lowest BCUT2D eigenvalue weighted by molar-refractivity contribution is 0.178. The molecule has 118 valence electrons. The number of piperidine rings is 1. The highest BCUT2D eigenvalue weighted by molar-refractivity contribution is 5.84. The lowest BCUT2D eigenvalue weighted by atomic mass is 9.99. The topological polar surface area (TPSA) is 45.3 Å². The largest absolute Gasteiger partial charge is 0.493 e. The van der Waals surface area contributed by atoms with Crippen LogP contribution in [0.3, 0.4) is 0 Å². The molecule has 2 heterocycles. The third kappa shape index (κ3) is 3.69. The number of fused-ring (bicyclic) bond motifs is 1. The molecule has 4 heteroatoms. The molecule has 3 rings (SSSR count). The van der Waals surface area contributed by atoms with Crippen LogP contribution in [0.25, 0.3) is 10.9 Å². The minimum Gasteiger partial charge on any atom is -0.493 e. The number of hydrogen-bond donors (Lipinski definition) is 1. The summed E-state index contributed by atoms with van der Waals surface area (Å²) in [5.74, 6) is 1.56. The first-order valence-electron chi connectivity index (χ1n) is 8.19. The van der Waals surface area contributed by atoms with Crippen LogP contribution in [0, 0.1) is 5.92 Å². The van der Waals surface area contributed by atoms with Crippen LogP contribution < -0.4 is 10.3 Å². The van der Waals surface area contributed by atoms with E-state index in [0.717, 1.165) is 29.8 Å². The van der Waals surface area contributed by atoms with E-state index in [1.807, 2.05) is 24.3 Å². The van der Waals surface area contributed by atoms with Gasteiger partial charge in [0, 0.05) is 18.0 Å². The Bertz CT molecular complexity index is 672. The highest BCUT2D eigenvalue weighted by Crippen LogP contribution is 2.22. The van der Waals surface area contributed by atoms with Crippen LogP contribution in [-0.2, 0) is 0 Å². The number of aromatic amines is 1. The molecule has 2 aromatic rings. The van der Waals surface area contributed by atoms with Gasteiger partial charge in [-0.25, -0.2) is 0 Å². The number of rotatable bonds is 5. The predicted molar refractivity (Wildman–Crippen MR) is 89.5 cm³/mol. The number of ether oxygens (including phenoxy) is 1. The molecule has 1 aliphatic rings. The van der Waals surface area contributed by atoms with Crippen LogP contribution >= 0.6 is 0 Å². The maximum absolute atomic E-state index is 11.7. The van der Waals surface area contributed by atoms with Crippen LogP contribution in [0.5, 0.6) is 5.75 Å². The number of nitrogens with zero attached hydrogens (tertiary/aromatic N) is 1. The van der Waals surface area contributed by atoms with Crippen molar-refractivity contribution >= 4 is 10.9 Å². The second kappa shape index (κ2) is 6.97. The highest BCUT2D eigenvalue weighted by Gasteiger charge is 2.14. The number of H-pyrrole nitrogens is 1. The first kappa shape index (κ1) is 15.1. The average Bonchev–Trinajstić information content (AvgIpc) is 2.53. The Labute approximate surface area is 131 Å². The van der Waals surface area contributed by atoms with Crippen molar-refractivity contribution < 1.29 is 4.74 Å². The lowest BCUT2D eigenvalue weighted by Gasteiger charge is -2.30. The van der Waals surface area contributed by atoms with E-state index in [1.54, 1.807) is 6.07 Å². The van der Waals surface area contributed by atoms with Gasteiger partial charge in [-0.3, -0.25) is 4.79 Å². The summed E-state index contributed by atoms with van der Waals surface area (Å²) in [7, 11) is 0. The Hall–Kier alpha value is -1.81. The SMILES string of the molecule is CC1CCN(CCCOc2cc(=O)[nH]c3ccccc23)CC1. The highest BCUT2D eigenvalue weighted by atomic mass is 16.5. The number of likely N-dealkylation sites (tertiary alicyclic amines) is 1. The second-order valence-corrected chi connectivity index (χ2v) is 6.27. The smallest absolute Gasteiger partial charge is 0.252 e. The van der Waals surface area contributed by atoms with Gasteiger partial charge < -0.3 is 14.6 Å². The van der Waals surface area contributed by atoms with Crippen molar-refractivity contribution in [1.82, 2.24) is 9.88 Å². The molecule has 0 bridgehead atoms. The summed E-state index contributed by atoms with van der Waals surface area (Å²) in [5.41, 5.74) is 0.716. The Morgan fingerprint density at radius 3 is 2.86 bits per heavy atom. The van der Waals surface area contributed by atoms with Crippen molar-refractivity contribution in [2.75, 3.05) is 26.2 Å². The van der Waals surface area contributed by atoms with Crippen molar-refractivity contribution in [3.8, 4) is 5.75 Å². The molecule has 4 nitrogen and oxygen atoms in total. The summed E-state index contributed by atoms with van der Waals surface area (Å²) in [6.07, 6.45) is 3.61. The molecule has 1 N–H and O–H groups in total. The summed E-state index contributed by atoms with van der Waals surface area (Å²) in [6, 6.07) is 9.30. The van der Waals surface area contributed by atoms with Crippen molar-refractivity contribution in [2.45, 2.75) is 26.2 Å². The van der Waals surface area contributed by atoms with E-state index in [9.17, 15) is 4.79 Å². The predicted octanol–water partition coefficient (Wildman–Crippen LogP) is 3.03. The van der Waals surface area contributed by atoms with Crippen molar-refractivity contribution in [2.24, 2.45) is 5.92 Å². The van der Waals surface area contributed by atoms with Crippen molar-refractivity contribution in [3.05, 3.63) is 40.7 Å². The number of hydrogen-bond acceptors (Lipinski definition) is 3. The first-order chi connectivity index (χ1) is 10.7. The van der Waals surface area contributed by atoms with Crippen LogP contribution in [0.1, 0.15) is 26.2 Å². The Kier molecular flexibility index (Phi) is 4.78. The van der Waals surface area contributed by atoms with Gasteiger partial charge in [0.15, 0.2) is 0 Å². The number of pyridine rings is 1. The zero-order valence-electron chi connectivity index (χ0n) is 13.2. The van der Waals surface area contributed by atoms with Gasteiger partial charge in [-0.1, -0.05) is 19.1 Å². The van der Waals surface area contributed by atoms with Gasteiger partial charge in [0.25, 0.3) is 5.56 Å². The van der Waals surface area contributed by atoms with Gasteiger partial charge in [-0.2, -0.15) is 0 Å². The van der Waals surface area contributed by atoms with Gasteiger partial charge in [-0.05, 0) is 50.4 Å². The molecular formula is C18H24N2O2. The number of aromatic nitrogens is 1. The number of benzene rings is 1. The van der Waals surface area contributed by atoms with Gasteiger partial charge in [0.05, 0.1) is 12.1 Å². The third-order valence-electron chi connectivity index (χ3n) is 4.47. The Morgan fingerprint density at radius 1 is 1.27 bits per heavy atom. The van der Waals surface area contributed by atoms with E-state index in [1.165, 1.54) is 25.9 Å². The van der Waals surface area contributed by atoms with E-state index in [2.05, 4.69) is 16.8 Å². The van der Waals surface area contributed by atoms with Gasteiger partial charge in [0.2, 0.25) is 0 Å². The van der Waals surface area contributed by atoms with Gasteiger partial charge in [-0.15, -0.1) is 0 Å². The first-order valence-corrected chi connectivity index (χ1v) is 8.19. The summed E-state index contributed by atoms with van der Waals surface area (Å²) in [5, 5.41) is 0.967. The summed E-state index contributed by atoms with van der Waals surface area (Å²) < 4.78 is 5.87. The van der Waals surface area contributed by atoms with Crippen molar-refractivity contribution in [1.29, 1.82) is 0 Å². The standard InChI is InChI=1S/C18H24N2O2/c1-14-7-10-20(11-8-14)9-4-12-22-17-13-18(21)19-16-6-3-2-5-15(16)17/h2-3,5-6,13-14H,4,7-12H2,1H3,(H,19,21). The normalized spacial score (nSPS) is 17.0. The minimum atomic E-state index is -0.112. The minimum absolute atomic E-state index is 0.112. The number of nitrogens with one attached hydrogen (secondary N) is 1.